The molecule has 1 heterocycles. The Hall–Kier alpha value is -1.39. The Balaban J connectivity index is 2.77. The number of fused-ring (bicyclic) bond motifs is 1. The van der Waals surface area contributed by atoms with Gasteiger partial charge in [0.05, 0.1) is 6.61 Å². The Morgan fingerprint density at radius 2 is 2.21 bits per heavy atom. The van der Waals surface area contributed by atoms with Crippen molar-refractivity contribution < 1.29 is 15.0 Å². The molecule has 4 heteroatoms. The summed E-state index contributed by atoms with van der Waals surface area (Å²) in [5.74, 6) is 0. The molecule has 0 aliphatic rings. The Bertz CT molecular complexity index is 487. The quantitative estimate of drug-likeness (QED) is 0.741. The van der Waals surface area contributed by atoms with Crippen LogP contribution in [0, 0.1) is 0 Å². The summed E-state index contributed by atoms with van der Waals surface area (Å²) >= 11 is 1.20. The van der Waals surface area contributed by atoms with Gasteiger partial charge in [-0.25, -0.2) is 0 Å². The van der Waals surface area contributed by atoms with E-state index in [-0.39, 0.29) is 11.7 Å². The van der Waals surface area contributed by atoms with E-state index in [4.69, 9.17) is 5.11 Å². The maximum absolute atomic E-state index is 10.5. The highest BCUT2D eigenvalue weighted by Crippen LogP contribution is 2.36. The van der Waals surface area contributed by atoms with Gasteiger partial charge in [0.15, 0.2) is 5.06 Å². The van der Waals surface area contributed by atoms with Gasteiger partial charge in [0.1, 0.15) is 6.29 Å². The van der Waals surface area contributed by atoms with Gasteiger partial charge in [0.2, 0.25) is 0 Å². The van der Waals surface area contributed by atoms with Gasteiger partial charge in [-0.15, -0.1) is 0 Å². The molecule has 0 unspecified atom stereocenters. The largest absolute Gasteiger partial charge is 0.499 e. The number of hydrogen-bond donors (Lipinski definition) is 2. The highest BCUT2D eigenvalue weighted by Gasteiger charge is 2.10. The summed E-state index contributed by atoms with van der Waals surface area (Å²) in [6.07, 6.45) is 0.745. The fourth-order valence-electron chi connectivity index (χ4n) is 1.38. The van der Waals surface area contributed by atoms with Crippen LogP contribution >= 0.6 is 11.3 Å². The molecular weight excluding hydrogens is 200 g/mol. The molecule has 0 atom stereocenters. The molecule has 72 valence electrons. The highest BCUT2D eigenvalue weighted by atomic mass is 32.1. The predicted octanol–water partition coefficient (Wildman–Crippen LogP) is 1.91. The SMILES string of the molecule is O=Cc1ccc2sc(O)c(CO)c2c1. The molecule has 0 aliphatic heterocycles. The van der Waals surface area contributed by atoms with Crippen molar-refractivity contribution in [2.45, 2.75) is 6.61 Å². The number of rotatable bonds is 2. The molecule has 1 aromatic heterocycles. The monoisotopic (exact) mass is 208 g/mol. The number of aliphatic hydroxyl groups excluding tert-OH is 1. The maximum Gasteiger partial charge on any atom is 0.177 e. The zero-order valence-electron chi connectivity index (χ0n) is 7.23. The molecule has 1 aromatic carbocycles. The zero-order valence-corrected chi connectivity index (χ0v) is 8.04. The standard InChI is InChI=1S/C10H8O3S/c11-4-6-1-2-9-7(3-6)8(5-12)10(13)14-9/h1-4,12-13H,5H2. The highest BCUT2D eigenvalue weighted by molar-refractivity contribution is 7.20. The molecule has 14 heavy (non-hydrogen) atoms. The van der Waals surface area contributed by atoms with Crippen LogP contribution in [0.25, 0.3) is 10.1 Å². The predicted molar refractivity (Wildman–Crippen MR) is 54.8 cm³/mol. The van der Waals surface area contributed by atoms with E-state index in [1.165, 1.54) is 11.3 Å². The Kier molecular flexibility index (Phi) is 2.23. The molecule has 2 N–H and O–H groups in total. The molecule has 2 aromatic rings. The number of thiophene rings is 1. The van der Waals surface area contributed by atoms with E-state index in [9.17, 15) is 9.90 Å². The van der Waals surface area contributed by atoms with E-state index >= 15 is 0 Å². The van der Waals surface area contributed by atoms with Crippen molar-refractivity contribution in [2.75, 3.05) is 0 Å². The molecule has 0 bridgehead atoms. The molecule has 0 aliphatic carbocycles. The second-order valence-electron chi connectivity index (χ2n) is 2.92. The van der Waals surface area contributed by atoms with Gasteiger partial charge in [-0.2, -0.15) is 0 Å². The number of hydrogen-bond acceptors (Lipinski definition) is 4. The van der Waals surface area contributed by atoms with E-state index in [1.807, 2.05) is 0 Å². The molecule has 0 fully saturated rings. The average Bonchev–Trinajstić information content (AvgIpc) is 2.52. The smallest absolute Gasteiger partial charge is 0.177 e. The normalized spacial score (nSPS) is 10.6. The third-order valence-corrected chi connectivity index (χ3v) is 3.10. The number of benzene rings is 1. The molecule has 0 radical (unpaired) electrons. The maximum atomic E-state index is 10.5. The average molecular weight is 208 g/mol. The van der Waals surface area contributed by atoms with Gasteiger partial charge in [-0.3, -0.25) is 4.79 Å². The lowest BCUT2D eigenvalue weighted by atomic mass is 10.1. The second kappa shape index (κ2) is 3.40. The first kappa shape index (κ1) is 9.18. The Morgan fingerprint density at radius 1 is 1.43 bits per heavy atom. The van der Waals surface area contributed by atoms with E-state index in [1.54, 1.807) is 18.2 Å². The van der Waals surface area contributed by atoms with Crippen molar-refractivity contribution in [1.29, 1.82) is 0 Å². The van der Waals surface area contributed by atoms with Gasteiger partial charge in [0.25, 0.3) is 0 Å². The number of carbonyl (C=O) groups is 1. The molecule has 0 saturated heterocycles. The van der Waals surface area contributed by atoms with E-state index in [0.29, 0.717) is 11.1 Å². The van der Waals surface area contributed by atoms with Gasteiger partial charge in [0, 0.05) is 21.2 Å². The van der Waals surface area contributed by atoms with Gasteiger partial charge in [-0.1, -0.05) is 17.4 Å². The van der Waals surface area contributed by atoms with Crippen LogP contribution in [0.4, 0.5) is 0 Å². The lowest BCUT2D eigenvalue weighted by Crippen LogP contribution is -1.82. The number of carbonyl (C=O) groups excluding carboxylic acids is 1. The number of aliphatic hydroxyl groups is 1. The van der Waals surface area contributed by atoms with Crippen LogP contribution < -0.4 is 0 Å². The lowest BCUT2D eigenvalue weighted by molar-refractivity contribution is 0.112. The van der Waals surface area contributed by atoms with Gasteiger partial charge < -0.3 is 10.2 Å². The zero-order chi connectivity index (χ0) is 10.1. The van der Waals surface area contributed by atoms with Crippen molar-refractivity contribution in [3.63, 3.8) is 0 Å². The van der Waals surface area contributed by atoms with Crippen molar-refractivity contribution >= 4 is 27.7 Å². The first-order valence-electron chi connectivity index (χ1n) is 4.06. The van der Waals surface area contributed by atoms with E-state index in [2.05, 4.69) is 0 Å². The molecule has 0 saturated carbocycles. The van der Waals surface area contributed by atoms with Crippen molar-refractivity contribution in [2.24, 2.45) is 0 Å². The number of aldehydes is 1. The molecule has 0 amide bonds. The van der Waals surface area contributed by atoms with E-state index < -0.39 is 0 Å². The molecular formula is C10H8O3S. The summed E-state index contributed by atoms with van der Waals surface area (Å²) in [6, 6.07) is 5.12. The number of aromatic hydroxyl groups is 1. The van der Waals surface area contributed by atoms with Crippen molar-refractivity contribution in [3.05, 3.63) is 29.3 Å². The van der Waals surface area contributed by atoms with E-state index in [0.717, 1.165) is 16.4 Å². The topological polar surface area (TPSA) is 57.5 Å². The second-order valence-corrected chi connectivity index (χ2v) is 3.95. The lowest BCUT2D eigenvalue weighted by Gasteiger charge is -1.95. The molecule has 0 spiro atoms. The fraction of sp³-hybridized carbons (Fsp3) is 0.100. The van der Waals surface area contributed by atoms with Crippen LogP contribution in [0.15, 0.2) is 18.2 Å². The summed E-state index contributed by atoms with van der Waals surface area (Å²) in [5, 5.41) is 19.4. The fourth-order valence-corrected chi connectivity index (χ4v) is 2.31. The minimum Gasteiger partial charge on any atom is -0.499 e. The summed E-state index contributed by atoms with van der Waals surface area (Å²) in [4.78, 5) is 10.5. The van der Waals surface area contributed by atoms with Crippen LogP contribution in [0.3, 0.4) is 0 Å². The third-order valence-electron chi connectivity index (χ3n) is 2.09. The Morgan fingerprint density at radius 3 is 2.86 bits per heavy atom. The molecule has 3 nitrogen and oxygen atoms in total. The molecule has 2 rings (SSSR count). The summed E-state index contributed by atoms with van der Waals surface area (Å²) in [5.41, 5.74) is 1.04. The minimum absolute atomic E-state index is 0.116. The Labute approximate surface area is 84.2 Å². The van der Waals surface area contributed by atoms with Crippen LogP contribution in [0.1, 0.15) is 15.9 Å². The summed E-state index contributed by atoms with van der Waals surface area (Å²) in [6.45, 7) is -0.214. The van der Waals surface area contributed by atoms with Crippen LogP contribution in [0.2, 0.25) is 0 Å². The van der Waals surface area contributed by atoms with Crippen molar-refractivity contribution in [1.82, 2.24) is 0 Å². The first-order chi connectivity index (χ1) is 6.76. The third kappa shape index (κ3) is 1.29. The minimum atomic E-state index is -0.214. The van der Waals surface area contributed by atoms with Gasteiger partial charge in [-0.05, 0) is 12.1 Å². The van der Waals surface area contributed by atoms with Crippen molar-refractivity contribution in [3.8, 4) is 5.06 Å². The summed E-state index contributed by atoms with van der Waals surface area (Å²) < 4.78 is 0.872. The van der Waals surface area contributed by atoms with Crippen LogP contribution in [0.5, 0.6) is 5.06 Å². The van der Waals surface area contributed by atoms with Gasteiger partial charge >= 0.3 is 0 Å². The summed E-state index contributed by atoms with van der Waals surface area (Å²) in [7, 11) is 0. The van der Waals surface area contributed by atoms with Crippen LogP contribution in [-0.2, 0) is 6.61 Å². The van der Waals surface area contributed by atoms with Crippen LogP contribution in [-0.4, -0.2) is 16.5 Å². The first-order valence-corrected chi connectivity index (χ1v) is 4.88.